The Morgan fingerprint density at radius 3 is 2.38 bits per heavy atom. The Hall–Kier alpha value is -4.39. The number of primary amides is 1. The molecule has 7 nitrogen and oxygen atoms in total. The van der Waals surface area contributed by atoms with Crippen LogP contribution in [-0.2, 0) is 16.6 Å². The van der Waals surface area contributed by atoms with Gasteiger partial charge in [0.15, 0.2) is 0 Å². The van der Waals surface area contributed by atoms with E-state index in [0.717, 1.165) is 33.3 Å². The molecular weight excluding hydrogens is 428 g/mol. The smallest absolute Gasteiger partial charge is 0.255 e. The molecular formula is C27H24N4O3. The molecule has 7 heteroatoms. The van der Waals surface area contributed by atoms with Gasteiger partial charge in [0.05, 0.1) is 18.3 Å². The minimum absolute atomic E-state index is 0.192. The molecule has 0 fully saturated rings. The molecule has 170 valence electrons. The van der Waals surface area contributed by atoms with Gasteiger partial charge < -0.3 is 20.5 Å². The molecule has 1 aromatic heterocycles. The van der Waals surface area contributed by atoms with Gasteiger partial charge in [-0.05, 0) is 23.3 Å². The maximum Gasteiger partial charge on any atom is 0.255 e. The van der Waals surface area contributed by atoms with Gasteiger partial charge in [0.2, 0.25) is 11.8 Å². The van der Waals surface area contributed by atoms with Crippen LogP contribution in [0.3, 0.4) is 0 Å². The molecule has 0 spiro atoms. The molecule has 0 radical (unpaired) electrons. The lowest BCUT2D eigenvalue weighted by Gasteiger charge is -2.26. The van der Waals surface area contributed by atoms with Crippen molar-refractivity contribution in [3.8, 4) is 11.3 Å². The number of carbonyl (C=O) groups excluding carboxylic acids is 3. The van der Waals surface area contributed by atoms with Crippen molar-refractivity contribution in [3.05, 3.63) is 95.6 Å². The van der Waals surface area contributed by atoms with Gasteiger partial charge in [-0.25, -0.2) is 0 Å². The van der Waals surface area contributed by atoms with Crippen molar-refractivity contribution in [2.75, 3.05) is 13.1 Å². The Bertz CT molecular complexity index is 1420. The summed E-state index contributed by atoms with van der Waals surface area (Å²) in [5.74, 6) is -1.30. The van der Waals surface area contributed by atoms with E-state index in [-0.39, 0.29) is 19.0 Å². The van der Waals surface area contributed by atoms with Crippen molar-refractivity contribution in [3.63, 3.8) is 0 Å². The van der Waals surface area contributed by atoms with Crippen LogP contribution in [0.4, 0.5) is 0 Å². The van der Waals surface area contributed by atoms with E-state index in [2.05, 4.69) is 16.0 Å². The molecule has 5 rings (SSSR count). The number of hydrogen-bond donors (Lipinski definition) is 2. The van der Waals surface area contributed by atoms with Crippen molar-refractivity contribution in [1.82, 2.24) is 14.8 Å². The van der Waals surface area contributed by atoms with Crippen LogP contribution in [0.2, 0.25) is 0 Å². The van der Waals surface area contributed by atoms with Crippen molar-refractivity contribution in [2.24, 2.45) is 12.8 Å². The maximum absolute atomic E-state index is 13.5. The first kappa shape index (κ1) is 21.5. The van der Waals surface area contributed by atoms with Gasteiger partial charge in [-0.1, -0.05) is 66.7 Å². The number of nitrogens with zero attached hydrogens (tertiary/aromatic N) is 2. The zero-order chi connectivity index (χ0) is 23.8. The van der Waals surface area contributed by atoms with E-state index in [4.69, 9.17) is 5.73 Å². The molecule has 0 bridgehead atoms. The topological polar surface area (TPSA) is 97.4 Å². The lowest BCUT2D eigenvalue weighted by molar-refractivity contribution is -0.125. The molecule has 3 aromatic carbocycles. The van der Waals surface area contributed by atoms with Crippen LogP contribution in [0.25, 0.3) is 22.2 Å². The highest BCUT2D eigenvalue weighted by Crippen LogP contribution is 2.46. The average molecular weight is 453 g/mol. The van der Waals surface area contributed by atoms with Gasteiger partial charge in [-0.15, -0.1) is 0 Å². The van der Waals surface area contributed by atoms with Crippen molar-refractivity contribution < 1.29 is 14.4 Å². The van der Waals surface area contributed by atoms with Gasteiger partial charge in [-0.2, -0.15) is 0 Å². The van der Waals surface area contributed by atoms with E-state index >= 15 is 0 Å². The molecule has 0 saturated heterocycles. The van der Waals surface area contributed by atoms with Crippen LogP contribution < -0.4 is 11.1 Å². The number of aromatic nitrogens is 1. The molecule has 3 N–H and O–H groups in total. The number of nitrogens with one attached hydrogen (secondary N) is 1. The van der Waals surface area contributed by atoms with E-state index in [0.29, 0.717) is 5.56 Å². The Labute approximate surface area is 196 Å². The first-order valence-electron chi connectivity index (χ1n) is 11.0. The molecule has 0 saturated carbocycles. The fourth-order valence-corrected chi connectivity index (χ4v) is 4.89. The van der Waals surface area contributed by atoms with Crippen LogP contribution in [0.5, 0.6) is 0 Å². The fourth-order valence-electron chi connectivity index (χ4n) is 4.89. The summed E-state index contributed by atoms with van der Waals surface area (Å²) in [4.78, 5) is 38.9. The summed E-state index contributed by atoms with van der Waals surface area (Å²) in [5.41, 5.74) is 10.6. The van der Waals surface area contributed by atoms with E-state index in [1.807, 2.05) is 73.8 Å². The summed E-state index contributed by atoms with van der Waals surface area (Å²) >= 11 is 0. The van der Waals surface area contributed by atoms with Gasteiger partial charge in [-0.3, -0.25) is 14.4 Å². The highest BCUT2D eigenvalue weighted by Gasteiger charge is 2.41. The van der Waals surface area contributed by atoms with Crippen LogP contribution >= 0.6 is 0 Å². The normalized spacial score (nSPS) is 14.9. The van der Waals surface area contributed by atoms with Gasteiger partial charge in [0.25, 0.3) is 5.91 Å². The summed E-state index contributed by atoms with van der Waals surface area (Å²) < 4.78 is 2.14. The number of para-hydroxylation sites is 1. The molecule has 1 atom stereocenters. The average Bonchev–Trinajstić information content (AvgIpc) is 3.29. The molecule has 1 aliphatic rings. The number of aryl methyl sites for hydroxylation is 1. The zero-order valence-electron chi connectivity index (χ0n) is 18.7. The van der Waals surface area contributed by atoms with Crippen LogP contribution in [0, 0.1) is 0 Å². The standard InChI is InChI=1S/C27H24N4O3/c1-30-21-14-8-7-13-20(21)24(25(30)17-9-3-2-4-10-17)26-18-11-5-6-12-19(18)27(34)31(26)16-23(33)29-15-22(28)32/h2-14,26H,15-16H2,1H3,(H2,28,32)(H,29,33). The van der Waals surface area contributed by atoms with Gasteiger partial charge in [0, 0.05) is 29.1 Å². The largest absolute Gasteiger partial charge is 0.368 e. The molecule has 0 aliphatic carbocycles. The monoisotopic (exact) mass is 452 g/mol. The summed E-state index contributed by atoms with van der Waals surface area (Å²) in [6, 6.07) is 25.1. The molecule has 4 aromatic rings. The number of benzene rings is 3. The highest BCUT2D eigenvalue weighted by molar-refractivity contribution is 6.04. The zero-order valence-corrected chi connectivity index (χ0v) is 18.7. The predicted octanol–water partition coefficient (Wildman–Crippen LogP) is 2.99. The van der Waals surface area contributed by atoms with Gasteiger partial charge in [0.1, 0.15) is 6.54 Å². The second-order valence-corrected chi connectivity index (χ2v) is 8.37. The minimum atomic E-state index is -0.638. The van der Waals surface area contributed by atoms with E-state index in [9.17, 15) is 14.4 Å². The first-order valence-corrected chi connectivity index (χ1v) is 11.0. The number of hydrogen-bond acceptors (Lipinski definition) is 3. The van der Waals surface area contributed by atoms with E-state index in [1.54, 1.807) is 11.0 Å². The summed E-state index contributed by atoms with van der Waals surface area (Å²) in [6.07, 6.45) is 0. The summed E-state index contributed by atoms with van der Waals surface area (Å²) in [6.45, 7) is -0.467. The second kappa shape index (κ2) is 8.51. The number of carbonyl (C=O) groups is 3. The van der Waals surface area contributed by atoms with Crippen molar-refractivity contribution >= 4 is 28.6 Å². The Morgan fingerprint density at radius 2 is 1.62 bits per heavy atom. The summed E-state index contributed by atoms with van der Waals surface area (Å²) in [7, 11) is 2.01. The third-order valence-electron chi connectivity index (χ3n) is 6.30. The van der Waals surface area contributed by atoms with Crippen LogP contribution in [0.15, 0.2) is 78.9 Å². The van der Waals surface area contributed by atoms with Crippen LogP contribution in [-0.4, -0.2) is 40.3 Å². The Kier molecular flexibility index (Phi) is 5.37. The maximum atomic E-state index is 13.5. The predicted molar refractivity (Wildman–Crippen MR) is 130 cm³/mol. The molecule has 3 amide bonds. The van der Waals surface area contributed by atoms with Crippen molar-refractivity contribution in [1.29, 1.82) is 0 Å². The fraction of sp³-hybridized carbons (Fsp3) is 0.148. The number of rotatable bonds is 6. The Morgan fingerprint density at radius 1 is 0.941 bits per heavy atom. The molecule has 34 heavy (non-hydrogen) atoms. The van der Waals surface area contributed by atoms with Crippen molar-refractivity contribution in [2.45, 2.75) is 6.04 Å². The van der Waals surface area contributed by atoms with E-state index in [1.165, 1.54) is 0 Å². The lowest BCUT2D eigenvalue weighted by atomic mass is 9.93. The minimum Gasteiger partial charge on any atom is -0.368 e. The number of nitrogens with two attached hydrogens (primary N) is 1. The van der Waals surface area contributed by atoms with Gasteiger partial charge >= 0.3 is 0 Å². The number of amides is 3. The second-order valence-electron chi connectivity index (χ2n) is 8.37. The molecule has 1 unspecified atom stereocenters. The van der Waals surface area contributed by atoms with Crippen LogP contribution in [0.1, 0.15) is 27.5 Å². The third-order valence-corrected chi connectivity index (χ3v) is 6.30. The SMILES string of the molecule is Cn1c(-c2ccccc2)c(C2c3ccccc3C(=O)N2CC(=O)NCC(N)=O)c2ccccc21. The third kappa shape index (κ3) is 3.51. The lowest BCUT2D eigenvalue weighted by Crippen LogP contribution is -2.42. The number of fused-ring (bicyclic) bond motifs is 2. The molecule has 1 aliphatic heterocycles. The highest BCUT2D eigenvalue weighted by atomic mass is 16.2. The van der Waals surface area contributed by atoms with E-state index < -0.39 is 17.9 Å². The first-order chi connectivity index (χ1) is 16.5. The Balaban J connectivity index is 1.72. The quantitative estimate of drug-likeness (QED) is 0.471. The molecule has 2 heterocycles. The summed E-state index contributed by atoms with van der Waals surface area (Å²) in [5, 5.41) is 3.52.